The van der Waals surface area contributed by atoms with Crippen LogP contribution in [-0.2, 0) is 0 Å². The van der Waals surface area contributed by atoms with Crippen LogP contribution < -0.4 is 0 Å². The van der Waals surface area contributed by atoms with Crippen molar-refractivity contribution >= 4 is 24.0 Å². The molecule has 0 radical (unpaired) electrons. The van der Waals surface area contributed by atoms with E-state index in [4.69, 9.17) is 0 Å². The first-order chi connectivity index (χ1) is 9.66. The van der Waals surface area contributed by atoms with Crippen LogP contribution in [0.3, 0.4) is 0 Å². The fraction of sp³-hybridized carbons (Fsp3) is 0.0588. The number of benzene rings is 2. The van der Waals surface area contributed by atoms with Crippen LogP contribution in [0.25, 0.3) is 12.2 Å². The number of imide groups is 1. The van der Waals surface area contributed by atoms with E-state index in [9.17, 15) is 9.59 Å². The zero-order valence-corrected chi connectivity index (χ0v) is 11.0. The fourth-order valence-electron chi connectivity index (χ4n) is 2.24. The maximum absolute atomic E-state index is 11.9. The van der Waals surface area contributed by atoms with Gasteiger partial charge in [0.2, 0.25) is 0 Å². The van der Waals surface area contributed by atoms with Crippen molar-refractivity contribution in [2.45, 2.75) is 0 Å². The summed E-state index contributed by atoms with van der Waals surface area (Å²) in [6.45, 7) is 0. The van der Waals surface area contributed by atoms with Gasteiger partial charge < -0.3 is 0 Å². The van der Waals surface area contributed by atoms with Crippen molar-refractivity contribution in [2.75, 3.05) is 7.05 Å². The first-order valence-corrected chi connectivity index (χ1v) is 6.36. The highest BCUT2D eigenvalue weighted by Crippen LogP contribution is 2.23. The molecule has 2 aromatic carbocycles. The Kier molecular flexibility index (Phi) is 2.95. The van der Waals surface area contributed by atoms with Gasteiger partial charge in [-0.05, 0) is 23.3 Å². The molecule has 1 heterocycles. The Morgan fingerprint density at radius 3 is 2.20 bits per heavy atom. The Morgan fingerprint density at radius 2 is 1.45 bits per heavy atom. The van der Waals surface area contributed by atoms with Crippen LogP contribution in [0.15, 0.2) is 48.5 Å². The highest BCUT2D eigenvalue weighted by molar-refractivity contribution is 6.21. The molecule has 3 heteroatoms. The third-order valence-electron chi connectivity index (χ3n) is 3.38. The van der Waals surface area contributed by atoms with Gasteiger partial charge in [-0.1, -0.05) is 48.6 Å². The summed E-state index contributed by atoms with van der Waals surface area (Å²) in [7, 11) is 1.50. The first-order valence-electron chi connectivity index (χ1n) is 6.36. The molecular weight excluding hydrogens is 250 g/mol. The van der Waals surface area contributed by atoms with Crippen LogP contribution in [0.5, 0.6) is 0 Å². The van der Waals surface area contributed by atoms with Gasteiger partial charge in [0.15, 0.2) is 0 Å². The van der Waals surface area contributed by atoms with E-state index in [2.05, 4.69) is 0 Å². The van der Waals surface area contributed by atoms with Gasteiger partial charge in [-0.2, -0.15) is 0 Å². The molecule has 1 aliphatic heterocycles. The average molecular weight is 263 g/mol. The summed E-state index contributed by atoms with van der Waals surface area (Å²) in [5.74, 6) is -0.469. The number of carbonyl (C=O) groups excluding carboxylic acids is 2. The molecule has 0 saturated carbocycles. The molecule has 0 spiro atoms. The number of rotatable bonds is 2. The quantitative estimate of drug-likeness (QED) is 0.616. The normalized spacial score (nSPS) is 14.2. The SMILES string of the molecule is CN1C(=O)c2ccc(/C=C\c3ccccc3)cc2C1=O. The van der Waals surface area contributed by atoms with E-state index in [1.165, 1.54) is 7.05 Å². The second-order valence-corrected chi connectivity index (χ2v) is 4.72. The summed E-state index contributed by atoms with van der Waals surface area (Å²) in [5.41, 5.74) is 2.96. The van der Waals surface area contributed by atoms with Crippen molar-refractivity contribution in [1.82, 2.24) is 4.90 Å². The molecule has 0 atom stereocenters. The summed E-state index contributed by atoms with van der Waals surface area (Å²) in [4.78, 5) is 24.8. The monoisotopic (exact) mass is 263 g/mol. The van der Waals surface area contributed by atoms with E-state index in [0.717, 1.165) is 16.0 Å². The maximum atomic E-state index is 11.9. The van der Waals surface area contributed by atoms with Crippen LogP contribution in [0.4, 0.5) is 0 Å². The van der Waals surface area contributed by atoms with E-state index >= 15 is 0 Å². The summed E-state index contributed by atoms with van der Waals surface area (Å²) < 4.78 is 0. The zero-order valence-electron chi connectivity index (χ0n) is 11.0. The summed E-state index contributed by atoms with van der Waals surface area (Å²) >= 11 is 0. The zero-order chi connectivity index (χ0) is 14.1. The number of nitrogens with zero attached hydrogens (tertiary/aromatic N) is 1. The highest BCUT2D eigenvalue weighted by atomic mass is 16.2. The molecule has 3 nitrogen and oxygen atoms in total. The van der Waals surface area contributed by atoms with Crippen LogP contribution in [0.1, 0.15) is 31.8 Å². The van der Waals surface area contributed by atoms with E-state index < -0.39 is 0 Å². The van der Waals surface area contributed by atoms with Crippen molar-refractivity contribution in [2.24, 2.45) is 0 Å². The number of hydrogen-bond acceptors (Lipinski definition) is 2. The second-order valence-electron chi connectivity index (χ2n) is 4.72. The van der Waals surface area contributed by atoms with Crippen molar-refractivity contribution in [1.29, 1.82) is 0 Å². The molecule has 1 aliphatic rings. The Hall–Kier alpha value is -2.68. The summed E-state index contributed by atoms with van der Waals surface area (Å²) in [5, 5.41) is 0. The lowest BCUT2D eigenvalue weighted by Gasteiger charge is -2.02. The lowest BCUT2D eigenvalue weighted by Crippen LogP contribution is -2.24. The van der Waals surface area contributed by atoms with Gasteiger partial charge in [-0.25, -0.2) is 0 Å². The topological polar surface area (TPSA) is 37.4 Å². The number of carbonyl (C=O) groups is 2. The second kappa shape index (κ2) is 4.78. The summed E-state index contributed by atoms with van der Waals surface area (Å²) in [6, 6.07) is 15.2. The lowest BCUT2D eigenvalue weighted by atomic mass is 10.0. The van der Waals surface area contributed by atoms with Gasteiger partial charge in [0, 0.05) is 7.05 Å². The predicted molar refractivity (Wildman–Crippen MR) is 78.2 cm³/mol. The van der Waals surface area contributed by atoms with Crippen LogP contribution >= 0.6 is 0 Å². The molecule has 0 aliphatic carbocycles. The third-order valence-corrected chi connectivity index (χ3v) is 3.38. The minimum absolute atomic E-state index is 0.233. The molecule has 0 N–H and O–H groups in total. The standard InChI is InChI=1S/C17H13NO2/c1-18-16(19)14-10-9-13(11-15(14)17(18)20)8-7-12-5-3-2-4-6-12/h2-11H,1H3/b8-7-. The third kappa shape index (κ3) is 2.03. The molecule has 0 fully saturated rings. The predicted octanol–water partition coefficient (Wildman–Crippen LogP) is 3.08. The molecular formula is C17H13NO2. The molecule has 3 rings (SSSR count). The van der Waals surface area contributed by atoms with Gasteiger partial charge >= 0.3 is 0 Å². The Balaban J connectivity index is 1.93. The minimum Gasteiger partial charge on any atom is -0.277 e. The Labute approximate surface area is 117 Å². The van der Waals surface area contributed by atoms with E-state index in [1.807, 2.05) is 48.6 Å². The Bertz CT molecular complexity index is 717. The van der Waals surface area contributed by atoms with Crippen LogP contribution in [0, 0.1) is 0 Å². The van der Waals surface area contributed by atoms with E-state index in [-0.39, 0.29) is 11.8 Å². The number of amides is 2. The molecule has 20 heavy (non-hydrogen) atoms. The molecule has 0 saturated heterocycles. The molecule has 2 amide bonds. The van der Waals surface area contributed by atoms with Crippen LogP contribution in [0.2, 0.25) is 0 Å². The maximum Gasteiger partial charge on any atom is 0.261 e. The van der Waals surface area contributed by atoms with Crippen molar-refractivity contribution in [3.05, 3.63) is 70.8 Å². The highest BCUT2D eigenvalue weighted by Gasteiger charge is 2.32. The van der Waals surface area contributed by atoms with Crippen molar-refractivity contribution in [3.8, 4) is 0 Å². The molecule has 0 aromatic heterocycles. The average Bonchev–Trinajstić information content (AvgIpc) is 2.71. The fourth-order valence-corrected chi connectivity index (χ4v) is 2.24. The van der Waals surface area contributed by atoms with Crippen molar-refractivity contribution < 1.29 is 9.59 Å². The van der Waals surface area contributed by atoms with Crippen molar-refractivity contribution in [3.63, 3.8) is 0 Å². The van der Waals surface area contributed by atoms with E-state index in [1.54, 1.807) is 12.1 Å². The van der Waals surface area contributed by atoms with Gasteiger partial charge in [0.05, 0.1) is 11.1 Å². The van der Waals surface area contributed by atoms with Gasteiger partial charge in [0.1, 0.15) is 0 Å². The van der Waals surface area contributed by atoms with Gasteiger partial charge in [-0.15, -0.1) is 0 Å². The van der Waals surface area contributed by atoms with E-state index in [0.29, 0.717) is 11.1 Å². The van der Waals surface area contributed by atoms with Crippen LogP contribution in [-0.4, -0.2) is 23.8 Å². The first kappa shape index (κ1) is 12.4. The Morgan fingerprint density at radius 1 is 0.800 bits per heavy atom. The smallest absolute Gasteiger partial charge is 0.261 e. The minimum atomic E-state index is -0.236. The molecule has 0 bridgehead atoms. The molecule has 0 unspecified atom stereocenters. The summed E-state index contributed by atoms with van der Waals surface area (Å²) in [6.07, 6.45) is 3.92. The lowest BCUT2D eigenvalue weighted by molar-refractivity contribution is 0.0693. The van der Waals surface area contributed by atoms with Gasteiger partial charge in [-0.3, -0.25) is 14.5 Å². The molecule has 2 aromatic rings. The van der Waals surface area contributed by atoms with Gasteiger partial charge in [0.25, 0.3) is 11.8 Å². The largest absolute Gasteiger partial charge is 0.277 e. The number of fused-ring (bicyclic) bond motifs is 1. The number of hydrogen-bond donors (Lipinski definition) is 0. The molecule has 98 valence electrons.